The summed E-state index contributed by atoms with van der Waals surface area (Å²) in [6.07, 6.45) is 1.74. The van der Waals surface area contributed by atoms with E-state index in [0.29, 0.717) is 16.2 Å². The van der Waals surface area contributed by atoms with Crippen molar-refractivity contribution in [3.05, 3.63) is 65.1 Å². The molecule has 1 heterocycles. The summed E-state index contributed by atoms with van der Waals surface area (Å²) < 4.78 is 7.97. The number of amides is 1. The molecule has 0 saturated carbocycles. The second-order valence-electron chi connectivity index (χ2n) is 5.23. The van der Waals surface area contributed by atoms with E-state index in [1.807, 2.05) is 30.3 Å². The average molecular weight is 587 g/mol. The first-order chi connectivity index (χ1) is 12.5. The first-order valence-corrected chi connectivity index (χ1v) is 10.3. The molecule has 0 spiro atoms. The van der Waals surface area contributed by atoms with Gasteiger partial charge in [-0.15, -0.1) is 0 Å². The van der Waals surface area contributed by atoms with Gasteiger partial charge in [-0.25, -0.2) is 0 Å². The van der Waals surface area contributed by atoms with Gasteiger partial charge in [0.05, 0.1) is 20.1 Å². The number of carbonyl (C=O) groups excluding carboxylic acids is 1. The van der Waals surface area contributed by atoms with Crippen LogP contribution in [-0.2, 0) is 11.4 Å². The fourth-order valence-electron chi connectivity index (χ4n) is 2.31. The summed E-state index contributed by atoms with van der Waals surface area (Å²) in [7, 11) is 0. The van der Waals surface area contributed by atoms with E-state index in [1.165, 1.54) is 0 Å². The molecule has 0 saturated heterocycles. The number of aliphatic imine (C=N–C) groups is 1. The molecule has 1 amide bonds. The fraction of sp³-hybridized carbons (Fsp3) is 0.0556. The molecular formula is C18H11I2N3O2S. The Morgan fingerprint density at radius 1 is 1.31 bits per heavy atom. The molecule has 0 atom stereocenters. The zero-order valence-corrected chi connectivity index (χ0v) is 18.3. The Hall–Kier alpha value is -1.58. The smallest absolute Gasteiger partial charge is 0.286 e. The number of carbonyl (C=O) groups is 1. The standard InChI is InChI=1S/C18H11I2N3O2S/c19-13-5-12(6-15-17(24)23-18(22)26-15)16(14(20)7-13)25-9-11-4-2-1-3-10(11)8-21/h1-7H,9H2,(H2,22,23,24). The number of amidine groups is 1. The van der Waals surface area contributed by atoms with Gasteiger partial charge in [0.15, 0.2) is 5.17 Å². The Morgan fingerprint density at radius 3 is 2.77 bits per heavy atom. The second-order valence-corrected chi connectivity index (χ2v) is 8.70. The Balaban J connectivity index is 1.93. The fourth-order valence-corrected chi connectivity index (χ4v) is 5.03. The van der Waals surface area contributed by atoms with E-state index in [4.69, 9.17) is 10.5 Å². The molecule has 5 nitrogen and oxygen atoms in total. The zero-order chi connectivity index (χ0) is 18.7. The molecule has 26 heavy (non-hydrogen) atoms. The van der Waals surface area contributed by atoms with Gasteiger partial charge in [-0.3, -0.25) is 4.79 Å². The third-order valence-electron chi connectivity index (χ3n) is 3.47. The highest BCUT2D eigenvalue weighted by atomic mass is 127. The number of nitriles is 1. The number of nitrogens with two attached hydrogens (primary N) is 1. The van der Waals surface area contributed by atoms with E-state index in [0.717, 1.165) is 30.0 Å². The number of nitrogens with zero attached hydrogens (tertiary/aromatic N) is 2. The van der Waals surface area contributed by atoms with Crippen molar-refractivity contribution < 1.29 is 9.53 Å². The normalized spacial score (nSPS) is 15.0. The van der Waals surface area contributed by atoms with Gasteiger partial charge in [-0.1, -0.05) is 18.2 Å². The van der Waals surface area contributed by atoms with Gasteiger partial charge in [-0.05, 0) is 81.2 Å². The van der Waals surface area contributed by atoms with Crippen molar-refractivity contribution in [2.24, 2.45) is 10.7 Å². The first-order valence-electron chi connectivity index (χ1n) is 7.36. The number of hydrogen-bond acceptors (Lipinski definition) is 5. The quantitative estimate of drug-likeness (QED) is 0.427. The van der Waals surface area contributed by atoms with Crippen LogP contribution in [-0.4, -0.2) is 11.1 Å². The molecule has 1 aliphatic rings. The van der Waals surface area contributed by atoms with Gasteiger partial charge in [-0.2, -0.15) is 10.3 Å². The van der Waals surface area contributed by atoms with E-state index in [9.17, 15) is 10.1 Å². The lowest BCUT2D eigenvalue weighted by atomic mass is 10.1. The van der Waals surface area contributed by atoms with E-state index in [-0.39, 0.29) is 17.7 Å². The van der Waals surface area contributed by atoms with E-state index >= 15 is 0 Å². The van der Waals surface area contributed by atoms with Crippen LogP contribution in [0.25, 0.3) is 6.08 Å². The van der Waals surface area contributed by atoms with Crippen LogP contribution in [0.5, 0.6) is 5.75 Å². The number of halogens is 2. The summed E-state index contributed by atoms with van der Waals surface area (Å²) in [6, 6.07) is 13.4. The van der Waals surface area contributed by atoms with Gasteiger partial charge >= 0.3 is 0 Å². The molecule has 130 valence electrons. The third kappa shape index (κ3) is 4.39. The number of hydrogen-bond donors (Lipinski definition) is 1. The molecule has 0 aromatic heterocycles. The Kier molecular flexibility index (Phi) is 6.20. The van der Waals surface area contributed by atoms with Crippen LogP contribution in [0.1, 0.15) is 16.7 Å². The number of ether oxygens (including phenoxy) is 1. The maximum Gasteiger partial charge on any atom is 0.286 e. The highest BCUT2D eigenvalue weighted by Crippen LogP contribution is 2.34. The highest BCUT2D eigenvalue weighted by Gasteiger charge is 2.21. The first kappa shape index (κ1) is 19.2. The van der Waals surface area contributed by atoms with Crippen molar-refractivity contribution >= 4 is 74.1 Å². The number of thioether (sulfide) groups is 1. The molecule has 2 aromatic carbocycles. The Morgan fingerprint density at radius 2 is 2.08 bits per heavy atom. The molecule has 0 aliphatic carbocycles. The monoisotopic (exact) mass is 587 g/mol. The van der Waals surface area contributed by atoms with Crippen LogP contribution in [0.4, 0.5) is 0 Å². The topological polar surface area (TPSA) is 88.5 Å². The van der Waals surface area contributed by atoms with Crippen molar-refractivity contribution in [1.82, 2.24) is 0 Å². The Labute approximate surface area is 182 Å². The van der Waals surface area contributed by atoms with Crippen LogP contribution >= 0.6 is 56.9 Å². The summed E-state index contributed by atoms with van der Waals surface area (Å²) in [5.74, 6) is 0.312. The molecule has 0 bridgehead atoms. The third-order valence-corrected chi connectivity index (χ3v) is 5.71. The molecule has 0 fully saturated rings. The maximum atomic E-state index is 11.9. The second kappa shape index (κ2) is 8.41. The van der Waals surface area contributed by atoms with Crippen molar-refractivity contribution in [1.29, 1.82) is 5.26 Å². The number of benzene rings is 2. The number of rotatable bonds is 4. The van der Waals surface area contributed by atoms with Gasteiger partial charge in [0, 0.05) is 14.7 Å². The predicted molar refractivity (Wildman–Crippen MR) is 120 cm³/mol. The van der Waals surface area contributed by atoms with Crippen LogP contribution in [0.3, 0.4) is 0 Å². The van der Waals surface area contributed by atoms with Gasteiger partial charge < -0.3 is 10.5 Å². The summed E-state index contributed by atoms with van der Waals surface area (Å²) >= 11 is 5.56. The van der Waals surface area contributed by atoms with Crippen LogP contribution in [0.15, 0.2) is 46.3 Å². The summed E-state index contributed by atoms with van der Waals surface area (Å²) in [4.78, 5) is 16.1. The molecule has 1 aliphatic heterocycles. The van der Waals surface area contributed by atoms with Crippen LogP contribution < -0.4 is 10.5 Å². The lowest BCUT2D eigenvalue weighted by Gasteiger charge is -2.13. The molecule has 0 radical (unpaired) electrons. The van der Waals surface area contributed by atoms with Crippen molar-refractivity contribution in [3.63, 3.8) is 0 Å². The lowest BCUT2D eigenvalue weighted by Crippen LogP contribution is -2.02. The lowest BCUT2D eigenvalue weighted by molar-refractivity contribution is -0.113. The van der Waals surface area contributed by atoms with Crippen molar-refractivity contribution in [2.45, 2.75) is 6.61 Å². The van der Waals surface area contributed by atoms with E-state index in [2.05, 4.69) is 56.2 Å². The molecule has 2 N–H and O–H groups in total. The molecule has 0 unspecified atom stereocenters. The van der Waals surface area contributed by atoms with Crippen LogP contribution in [0.2, 0.25) is 0 Å². The SMILES string of the molecule is N#Cc1ccccc1COc1c(I)cc(I)cc1C=C1SC(N)=NC1=O. The molecule has 8 heteroatoms. The largest absolute Gasteiger partial charge is 0.487 e. The average Bonchev–Trinajstić information content (AvgIpc) is 2.91. The minimum atomic E-state index is -0.345. The van der Waals surface area contributed by atoms with Gasteiger partial charge in [0.2, 0.25) is 0 Å². The van der Waals surface area contributed by atoms with Gasteiger partial charge in [0.1, 0.15) is 12.4 Å². The minimum absolute atomic E-state index is 0.243. The van der Waals surface area contributed by atoms with Crippen molar-refractivity contribution in [2.75, 3.05) is 0 Å². The summed E-state index contributed by atoms with van der Waals surface area (Å²) in [5, 5.41) is 9.47. The molecule has 3 rings (SSSR count). The van der Waals surface area contributed by atoms with Gasteiger partial charge in [0.25, 0.3) is 5.91 Å². The highest BCUT2D eigenvalue weighted by molar-refractivity contribution is 14.1. The van der Waals surface area contributed by atoms with Crippen LogP contribution in [0, 0.1) is 18.5 Å². The molecule has 2 aromatic rings. The van der Waals surface area contributed by atoms with Crippen molar-refractivity contribution in [3.8, 4) is 11.8 Å². The predicted octanol–water partition coefficient (Wildman–Crippen LogP) is 4.28. The maximum absolute atomic E-state index is 11.9. The zero-order valence-electron chi connectivity index (χ0n) is 13.2. The molecular weight excluding hydrogens is 576 g/mol. The Bertz CT molecular complexity index is 996. The minimum Gasteiger partial charge on any atom is -0.487 e. The van der Waals surface area contributed by atoms with E-state index < -0.39 is 0 Å². The summed E-state index contributed by atoms with van der Waals surface area (Å²) in [5.41, 5.74) is 7.78. The summed E-state index contributed by atoms with van der Waals surface area (Å²) in [6.45, 7) is 0.260. The van der Waals surface area contributed by atoms with E-state index in [1.54, 1.807) is 12.1 Å².